The van der Waals surface area contributed by atoms with Gasteiger partial charge in [-0.1, -0.05) is 0 Å². The number of hydrogen-bond acceptors (Lipinski definition) is 8. The van der Waals surface area contributed by atoms with Crippen LogP contribution in [-0.2, 0) is 0 Å². The second-order valence-electron chi connectivity index (χ2n) is 5.26. The topological polar surface area (TPSA) is 80.4 Å². The van der Waals surface area contributed by atoms with Gasteiger partial charge in [-0.25, -0.2) is 4.98 Å². The molecule has 22 heavy (non-hydrogen) atoms. The predicted octanol–water partition coefficient (Wildman–Crippen LogP) is 1.06. The number of methoxy groups -OCH3 is 1. The van der Waals surface area contributed by atoms with Crippen molar-refractivity contribution in [1.82, 2.24) is 25.1 Å². The Bertz CT molecular complexity index is 623. The normalized spacial score (nSPS) is 17.5. The third-order valence-corrected chi connectivity index (χ3v) is 3.87. The van der Waals surface area contributed by atoms with E-state index in [0.29, 0.717) is 23.6 Å². The Labute approximate surface area is 129 Å². The van der Waals surface area contributed by atoms with Crippen LogP contribution in [0.25, 0.3) is 0 Å². The van der Waals surface area contributed by atoms with E-state index in [9.17, 15) is 0 Å². The zero-order valence-corrected chi connectivity index (χ0v) is 13.1. The van der Waals surface area contributed by atoms with E-state index < -0.39 is 0 Å². The molecule has 0 aliphatic carbocycles. The van der Waals surface area contributed by atoms with Gasteiger partial charge in [0, 0.05) is 45.4 Å². The molecule has 0 amide bonds. The Morgan fingerprint density at radius 2 is 2.00 bits per heavy atom. The molecule has 1 aliphatic rings. The molecule has 1 fully saturated rings. The highest BCUT2D eigenvalue weighted by Gasteiger charge is 2.26. The van der Waals surface area contributed by atoms with Crippen molar-refractivity contribution >= 4 is 5.95 Å². The van der Waals surface area contributed by atoms with Crippen LogP contribution in [0.5, 0.6) is 5.88 Å². The van der Waals surface area contributed by atoms with Gasteiger partial charge in [0.1, 0.15) is 0 Å². The van der Waals surface area contributed by atoms with Crippen LogP contribution in [0, 0.1) is 6.92 Å². The summed E-state index contributed by atoms with van der Waals surface area (Å²) in [4.78, 5) is 13.2. The van der Waals surface area contributed by atoms with Crippen molar-refractivity contribution in [3.05, 3.63) is 24.0 Å². The summed E-state index contributed by atoms with van der Waals surface area (Å²) >= 11 is 0. The molecule has 1 atom stereocenters. The summed E-state index contributed by atoms with van der Waals surface area (Å²) in [6, 6.07) is 1.87. The summed E-state index contributed by atoms with van der Waals surface area (Å²) in [6.45, 7) is 7.38. The van der Waals surface area contributed by atoms with Gasteiger partial charge in [-0.15, -0.1) is 10.2 Å². The molecule has 1 aliphatic heterocycles. The molecule has 2 aromatic heterocycles. The first-order valence-corrected chi connectivity index (χ1v) is 7.33. The Balaban J connectivity index is 1.62. The summed E-state index contributed by atoms with van der Waals surface area (Å²) < 4.78 is 10.7. The lowest BCUT2D eigenvalue weighted by molar-refractivity contribution is 0.171. The lowest BCUT2D eigenvalue weighted by Crippen LogP contribution is -2.47. The summed E-state index contributed by atoms with van der Waals surface area (Å²) in [5.41, 5.74) is 0. The smallest absolute Gasteiger partial charge is 0.233 e. The zero-order chi connectivity index (χ0) is 15.5. The highest BCUT2D eigenvalue weighted by molar-refractivity contribution is 5.32. The molecule has 118 valence electrons. The van der Waals surface area contributed by atoms with Crippen LogP contribution < -0.4 is 9.64 Å². The molecule has 0 N–H and O–H groups in total. The molecule has 3 heterocycles. The van der Waals surface area contributed by atoms with Gasteiger partial charge in [-0.05, 0) is 6.92 Å². The van der Waals surface area contributed by atoms with Gasteiger partial charge < -0.3 is 14.1 Å². The molecule has 1 unspecified atom stereocenters. The Kier molecular flexibility index (Phi) is 4.19. The second kappa shape index (κ2) is 6.27. The minimum atomic E-state index is 0.120. The standard InChI is InChI=1S/C14H20N6O2/c1-10(13-18-17-11(2)22-13)19-6-8-20(9-7-19)14-15-5-4-12(16-14)21-3/h4-5,10H,6-9H2,1-3H3. The average molecular weight is 304 g/mol. The fraction of sp³-hybridized carbons (Fsp3) is 0.571. The maximum Gasteiger partial charge on any atom is 0.233 e. The van der Waals surface area contributed by atoms with E-state index in [4.69, 9.17) is 9.15 Å². The quantitative estimate of drug-likeness (QED) is 0.829. The van der Waals surface area contributed by atoms with Gasteiger partial charge in [-0.3, -0.25) is 4.90 Å². The van der Waals surface area contributed by atoms with Crippen LogP contribution in [0.2, 0.25) is 0 Å². The van der Waals surface area contributed by atoms with Crippen LogP contribution >= 0.6 is 0 Å². The lowest BCUT2D eigenvalue weighted by atomic mass is 10.2. The Morgan fingerprint density at radius 1 is 1.23 bits per heavy atom. The van der Waals surface area contributed by atoms with Gasteiger partial charge in [0.15, 0.2) is 0 Å². The molecule has 2 aromatic rings. The number of hydrogen-bond donors (Lipinski definition) is 0. The van der Waals surface area contributed by atoms with Crippen LogP contribution in [0.15, 0.2) is 16.7 Å². The van der Waals surface area contributed by atoms with E-state index in [1.807, 2.05) is 0 Å². The molecule has 1 saturated heterocycles. The van der Waals surface area contributed by atoms with Crippen molar-refractivity contribution in [3.63, 3.8) is 0 Å². The van der Waals surface area contributed by atoms with Crippen LogP contribution in [0.4, 0.5) is 5.95 Å². The minimum absolute atomic E-state index is 0.120. The maximum absolute atomic E-state index is 5.52. The highest BCUT2D eigenvalue weighted by atomic mass is 16.5. The van der Waals surface area contributed by atoms with Gasteiger partial charge in [0.05, 0.1) is 13.2 Å². The molecule has 0 aromatic carbocycles. The molecule has 0 radical (unpaired) electrons. The third-order valence-electron chi connectivity index (χ3n) is 3.87. The number of ether oxygens (including phenoxy) is 1. The first-order chi connectivity index (χ1) is 10.7. The number of nitrogens with zero attached hydrogens (tertiary/aromatic N) is 6. The van der Waals surface area contributed by atoms with E-state index in [2.05, 4.69) is 36.9 Å². The van der Waals surface area contributed by atoms with Gasteiger partial charge in [0.25, 0.3) is 0 Å². The van der Waals surface area contributed by atoms with Crippen LogP contribution in [0.3, 0.4) is 0 Å². The van der Waals surface area contributed by atoms with E-state index in [1.165, 1.54) is 0 Å². The summed E-state index contributed by atoms with van der Waals surface area (Å²) in [7, 11) is 1.61. The monoisotopic (exact) mass is 304 g/mol. The molecule has 0 saturated carbocycles. The van der Waals surface area contributed by atoms with Crippen molar-refractivity contribution in [2.24, 2.45) is 0 Å². The zero-order valence-electron chi connectivity index (χ0n) is 13.1. The number of aryl methyl sites for hydroxylation is 1. The largest absolute Gasteiger partial charge is 0.481 e. The molecule has 8 nitrogen and oxygen atoms in total. The third kappa shape index (κ3) is 3.01. The van der Waals surface area contributed by atoms with Crippen LogP contribution in [-0.4, -0.2) is 58.4 Å². The van der Waals surface area contributed by atoms with E-state index >= 15 is 0 Å². The molecular weight excluding hydrogens is 284 g/mol. The Hall–Kier alpha value is -2.22. The first kappa shape index (κ1) is 14.7. The van der Waals surface area contributed by atoms with Crippen molar-refractivity contribution in [1.29, 1.82) is 0 Å². The van der Waals surface area contributed by atoms with Crippen molar-refractivity contribution in [3.8, 4) is 5.88 Å². The highest BCUT2D eigenvalue weighted by Crippen LogP contribution is 2.22. The number of piperazine rings is 1. The van der Waals surface area contributed by atoms with Crippen molar-refractivity contribution < 1.29 is 9.15 Å². The molecular formula is C14H20N6O2. The second-order valence-corrected chi connectivity index (χ2v) is 5.26. The number of rotatable bonds is 4. The summed E-state index contributed by atoms with van der Waals surface area (Å²) in [5, 5.41) is 8.00. The number of aromatic nitrogens is 4. The molecule has 8 heteroatoms. The van der Waals surface area contributed by atoms with Crippen molar-refractivity contribution in [2.45, 2.75) is 19.9 Å². The van der Waals surface area contributed by atoms with Gasteiger partial charge in [0.2, 0.25) is 23.6 Å². The van der Waals surface area contributed by atoms with E-state index in [-0.39, 0.29) is 6.04 Å². The fourth-order valence-electron chi connectivity index (χ4n) is 2.54. The van der Waals surface area contributed by atoms with E-state index in [0.717, 1.165) is 26.2 Å². The lowest BCUT2D eigenvalue weighted by Gasteiger charge is -2.36. The summed E-state index contributed by atoms with van der Waals surface area (Å²) in [6.07, 6.45) is 1.72. The predicted molar refractivity (Wildman–Crippen MR) is 79.8 cm³/mol. The van der Waals surface area contributed by atoms with E-state index in [1.54, 1.807) is 26.3 Å². The minimum Gasteiger partial charge on any atom is -0.481 e. The average Bonchev–Trinajstić information content (AvgIpc) is 3.01. The Morgan fingerprint density at radius 3 is 2.64 bits per heavy atom. The molecule has 0 bridgehead atoms. The van der Waals surface area contributed by atoms with Crippen molar-refractivity contribution in [2.75, 3.05) is 38.2 Å². The molecule has 3 rings (SSSR count). The fourth-order valence-corrected chi connectivity index (χ4v) is 2.54. The maximum atomic E-state index is 5.52. The summed E-state index contributed by atoms with van der Waals surface area (Å²) in [5.74, 6) is 2.57. The SMILES string of the molecule is COc1ccnc(N2CCN(C(C)c3nnc(C)o3)CC2)n1. The van der Waals surface area contributed by atoms with Gasteiger partial charge >= 0.3 is 0 Å². The number of anilines is 1. The van der Waals surface area contributed by atoms with Crippen LogP contribution in [0.1, 0.15) is 24.7 Å². The molecule has 0 spiro atoms. The van der Waals surface area contributed by atoms with Gasteiger partial charge in [-0.2, -0.15) is 4.98 Å². The first-order valence-electron chi connectivity index (χ1n) is 7.33.